The maximum Gasteiger partial charge on any atom is 0.322 e. The molecule has 0 aromatic carbocycles. The number of amides is 2. The molecular weight excluding hydrogens is 318 g/mol. The average Bonchev–Trinajstić information content (AvgIpc) is 3.25. The molecule has 0 radical (unpaired) electrons. The molecule has 0 saturated carbocycles. The van der Waals surface area contributed by atoms with E-state index in [-0.39, 0.29) is 12.1 Å². The second-order valence-electron chi connectivity index (χ2n) is 6.54. The maximum absolute atomic E-state index is 12.7. The maximum atomic E-state index is 12.7. The molecule has 8 nitrogen and oxygen atoms in total. The van der Waals surface area contributed by atoms with Crippen molar-refractivity contribution in [1.82, 2.24) is 29.3 Å². The third kappa shape index (κ3) is 2.84. The Labute approximate surface area is 145 Å². The standard InChI is InChI=1S/C17H21N7O/c1-11-9-12(2)24(20-11)14-6-8-22(10-14)17(25)19-15-5-4-7-23-16(15)18-13(3)21-23/h4-5,7,9,14H,6,8,10H2,1-3H3,(H,19,25)/t14-/m0/s1. The van der Waals surface area contributed by atoms with Crippen molar-refractivity contribution in [3.05, 3.63) is 41.6 Å². The quantitative estimate of drug-likeness (QED) is 0.777. The van der Waals surface area contributed by atoms with Gasteiger partial charge in [-0.2, -0.15) is 10.2 Å². The first-order valence-electron chi connectivity index (χ1n) is 8.42. The van der Waals surface area contributed by atoms with Gasteiger partial charge in [0.1, 0.15) is 5.82 Å². The van der Waals surface area contributed by atoms with Gasteiger partial charge in [-0.25, -0.2) is 14.3 Å². The highest BCUT2D eigenvalue weighted by Gasteiger charge is 2.29. The Bertz CT molecular complexity index is 942. The normalized spacial score (nSPS) is 17.4. The van der Waals surface area contributed by atoms with Crippen molar-refractivity contribution in [2.45, 2.75) is 33.2 Å². The molecule has 0 spiro atoms. The van der Waals surface area contributed by atoms with Crippen LogP contribution in [0.2, 0.25) is 0 Å². The van der Waals surface area contributed by atoms with E-state index in [9.17, 15) is 4.79 Å². The van der Waals surface area contributed by atoms with Crippen molar-refractivity contribution in [2.75, 3.05) is 18.4 Å². The number of aromatic nitrogens is 5. The number of nitrogens with zero attached hydrogens (tertiary/aromatic N) is 6. The van der Waals surface area contributed by atoms with Gasteiger partial charge in [-0.15, -0.1) is 0 Å². The Hall–Kier alpha value is -2.90. The molecule has 1 aliphatic rings. The van der Waals surface area contributed by atoms with E-state index in [2.05, 4.69) is 33.5 Å². The number of hydrogen-bond donors (Lipinski definition) is 1. The van der Waals surface area contributed by atoms with Crippen LogP contribution in [-0.4, -0.2) is 48.4 Å². The Kier molecular flexibility index (Phi) is 3.67. The molecule has 0 bridgehead atoms. The Morgan fingerprint density at radius 2 is 2.12 bits per heavy atom. The number of nitrogens with one attached hydrogen (secondary N) is 1. The second kappa shape index (κ2) is 5.87. The van der Waals surface area contributed by atoms with Crippen LogP contribution in [0.5, 0.6) is 0 Å². The molecule has 2 amide bonds. The van der Waals surface area contributed by atoms with E-state index in [1.807, 2.05) is 41.8 Å². The van der Waals surface area contributed by atoms with Gasteiger partial charge in [-0.05, 0) is 45.4 Å². The summed E-state index contributed by atoms with van der Waals surface area (Å²) >= 11 is 0. The first-order valence-corrected chi connectivity index (χ1v) is 8.42. The third-order valence-electron chi connectivity index (χ3n) is 4.55. The van der Waals surface area contributed by atoms with Gasteiger partial charge in [-0.1, -0.05) is 0 Å². The lowest BCUT2D eigenvalue weighted by molar-refractivity contribution is 0.220. The minimum Gasteiger partial charge on any atom is -0.322 e. The first-order chi connectivity index (χ1) is 12.0. The molecule has 1 atom stereocenters. The predicted octanol–water partition coefficient (Wildman–Crippen LogP) is 2.33. The van der Waals surface area contributed by atoms with E-state index in [1.165, 1.54) is 0 Å². The molecular formula is C17H21N7O. The fourth-order valence-electron chi connectivity index (χ4n) is 3.45. The number of pyridine rings is 1. The van der Waals surface area contributed by atoms with Gasteiger partial charge in [0.2, 0.25) is 0 Å². The molecule has 3 aromatic heterocycles. The number of fused-ring (bicyclic) bond motifs is 1. The summed E-state index contributed by atoms with van der Waals surface area (Å²) in [7, 11) is 0. The van der Waals surface area contributed by atoms with Gasteiger partial charge in [0.15, 0.2) is 5.65 Å². The van der Waals surface area contributed by atoms with Crippen LogP contribution in [0.15, 0.2) is 24.4 Å². The summed E-state index contributed by atoms with van der Waals surface area (Å²) in [4.78, 5) is 18.9. The minimum absolute atomic E-state index is 0.113. The summed E-state index contributed by atoms with van der Waals surface area (Å²) < 4.78 is 3.71. The number of aryl methyl sites for hydroxylation is 3. The zero-order chi connectivity index (χ0) is 17.6. The summed E-state index contributed by atoms with van der Waals surface area (Å²) in [5.74, 6) is 0.674. The fourth-order valence-corrected chi connectivity index (χ4v) is 3.45. The summed E-state index contributed by atoms with van der Waals surface area (Å²) in [5, 5.41) is 11.8. The SMILES string of the molecule is Cc1cc(C)n([C@H]2CCN(C(=O)Nc3cccn4nc(C)nc34)C2)n1. The predicted molar refractivity (Wildman–Crippen MR) is 93.7 cm³/mol. The number of anilines is 1. The topological polar surface area (TPSA) is 80.4 Å². The number of urea groups is 1. The average molecular weight is 339 g/mol. The first kappa shape index (κ1) is 15.6. The smallest absolute Gasteiger partial charge is 0.322 e. The highest BCUT2D eigenvalue weighted by Crippen LogP contribution is 2.24. The molecule has 3 aromatic rings. The van der Waals surface area contributed by atoms with Gasteiger partial charge < -0.3 is 10.2 Å². The Morgan fingerprint density at radius 3 is 2.88 bits per heavy atom. The Balaban J connectivity index is 1.49. The second-order valence-corrected chi connectivity index (χ2v) is 6.54. The minimum atomic E-state index is -0.113. The van der Waals surface area contributed by atoms with Crippen LogP contribution < -0.4 is 5.32 Å². The van der Waals surface area contributed by atoms with Crippen LogP contribution in [0.1, 0.15) is 29.7 Å². The van der Waals surface area contributed by atoms with E-state index in [0.29, 0.717) is 30.2 Å². The largest absolute Gasteiger partial charge is 0.322 e. The van der Waals surface area contributed by atoms with E-state index in [4.69, 9.17) is 0 Å². The molecule has 0 aliphatic carbocycles. The van der Waals surface area contributed by atoms with Gasteiger partial charge >= 0.3 is 6.03 Å². The zero-order valence-corrected chi connectivity index (χ0v) is 14.6. The molecule has 1 fully saturated rings. The molecule has 1 aliphatic heterocycles. The number of likely N-dealkylation sites (tertiary alicyclic amines) is 1. The molecule has 4 heterocycles. The third-order valence-corrected chi connectivity index (χ3v) is 4.55. The summed E-state index contributed by atoms with van der Waals surface area (Å²) in [5.41, 5.74) is 3.47. The van der Waals surface area contributed by atoms with Gasteiger partial charge in [0, 0.05) is 25.0 Å². The molecule has 0 unspecified atom stereocenters. The monoisotopic (exact) mass is 339 g/mol. The summed E-state index contributed by atoms with van der Waals surface area (Å²) in [6, 6.07) is 5.87. The molecule has 1 saturated heterocycles. The summed E-state index contributed by atoms with van der Waals surface area (Å²) in [6.45, 7) is 7.24. The van der Waals surface area contributed by atoms with Crippen LogP contribution in [0, 0.1) is 20.8 Å². The van der Waals surface area contributed by atoms with Crippen molar-refractivity contribution in [1.29, 1.82) is 0 Å². The van der Waals surface area contributed by atoms with Crippen LogP contribution in [-0.2, 0) is 0 Å². The lowest BCUT2D eigenvalue weighted by Gasteiger charge is -2.18. The van der Waals surface area contributed by atoms with Gasteiger partial charge in [-0.3, -0.25) is 4.68 Å². The zero-order valence-electron chi connectivity index (χ0n) is 14.6. The van der Waals surface area contributed by atoms with E-state index in [1.54, 1.807) is 4.52 Å². The number of rotatable bonds is 2. The molecule has 8 heteroatoms. The number of carbonyl (C=O) groups is 1. The molecule has 4 rings (SSSR count). The number of hydrogen-bond acceptors (Lipinski definition) is 4. The Morgan fingerprint density at radius 1 is 1.28 bits per heavy atom. The van der Waals surface area contributed by atoms with Gasteiger partial charge in [0.25, 0.3) is 0 Å². The highest BCUT2D eigenvalue weighted by atomic mass is 16.2. The van der Waals surface area contributed by atoms with E-state index < -0.39 is 0 Å². The van der Waals surface area contributed by atoms with E-state index in [0.717, 1.165) is 17.8 Å². The van der Waals surface area contributed by atoms with Crippen molar-refractivity contribution in [3.8, 4) is 0 Å². The molecule has 25 heavy (non-hydrogen) atoms. The number of carbonyl (C=O) groups excluding carboxylic acids is 1. The fraction of sp³-hybridized carbons (Fsp3) is 0.412. The van der Waals surface area contributed by atoms with Crippen molar-refractivity contribution in [3.63, 3.8) is 0 Å². The van der Waals surface area contributed by atoms with Crippen LogP contribution in [0.3, 0.4) is 0 Å². The van der Waals surface area contributed by atoms with Crippen molar-refractivity contribution < 1.29 is 4.79 Å². The van der Waals surface area contributed by atoms with Crippen molar-refractivity contribution in [2.24, 2.45) is 0 Å². The highest BCUT2D eigenvalue weighted by molar-refractivity contribution is 5.93. The van der Waals surface area contributed by atoms with Crippen LogP contribution in [0.4, 0.5) is 10.5 Å². The van der Waals surface area contributed by atoms with Gasteiger partial charge in [0.05, 0.1) is 17.4 Å². The molecule has 1 N–H and O–H groups in total. The summed E-state index contributed by atoms with van der Waals surface area (Å²) in [6.07, 6.45) is 2.73. The van der Waals surface area contributed by atoms with Crippen molar-refractivity contribution >= 4 is 17.4 Å². The van der Waals surface area contributed by atoms with E-state index >= 15 is 0 Å². The lowest BCUT2D eigenvalue weighted by atomic mass is 10.2. The van der Waals surface area contributed by atoms with Crippen LogP contribution >= 0.6 is 0 Å². The molecule has 130 valence electrons. The lowest BCUT2D eigenvalue weighted by Crippen LogP contribution is -2.33. The van der Waals surface area contributed by atoms with Crippen LogP contribution in [0.25, 0.3) is 5.65 Å².